The molecule has 1 heterocycles. The number of amides is 1. The number of hydrogen-bond donors (Lipinski definition) is 1. The van der Waals surface area contributed by atoms with Crippen LogP contribution in [0.3, 0.4) is 0 Å². The van der Waals surface area contributed by atoms with Crippen LogP contribution in [0.4, 0.5) is 5.69 Å². The summed E-state index contributed by atoms with van der Waals surface area (Å²) in [4.78, 5) is 16.7. The molecule has 0 spiro atoms. The van der Waals surface area contributed by atoms with E-state index in [-0.39, 0.29) is 5.91 Å². The molecule has 0 saturated carbocycles. The molecule has 4 nitrogen and oxygen atoms in total. The average Bonchev–Trinajstić information content (AvgIpc) is 3.27. The Bertz CT molecular complexity index is 995. The Labute approximate surface area is 226 Å². The predicted octanol–water partition coefficient (Wildman–Crippen LogP) is 9.26. The van der Waals surface area contributed by atoms with Gasteiger partial charge in [-0.25, -0.2) is 0 Å². The highest BCUT2D eigenvalue weighted by atomic mass is 35.5. The molecule has 0 aliphatic carbocycles. The Morgan fingerprint density at radius 3 is 2.39 bits per heavy atom. The van der Waals surface area contributed by atoms with Crippen LogP contribution in [0.2, 0.25) is 5.02 Å². The van der Waals surface area contributed by atoms with Gasteiger partial charge in [0.15, 0.2) is 5.75 Å². The highest BCUT2D eigenvalue weighted by Gasteiger charge is 2.16. The molecular formula is C30H41ClN2O2S. The number of hydrogen-bond acceptors (Lipinski definition) is 4. The van der Waals surface area contributed by atoms with E-state index in [1.165, 1.54) is 56.3 Å². The summed E-state index contributed by atoms with van der Waals surface area (Å²) in [6.45, 7) is 5.77. The second-order valence-electron chi connectivity index (χ2n) is 9.56. The largest absolute Gasteiger partial charge is 0.491 e. The van der Waals surface area contributed by atoms with Gasteiger partial charge in [-0.2, -0.15) is 0 Å². The number of ether oxygens (including phenoxy) is 1. The zero-order chi connectivity index (χ0) is 25.6. The summed E-state index contributed by atoms with van der Waals surface area (Å²) in [5, 5.41) is 3.50. The average molecular weight is 529 g/mol. The summed E-state index contributed by atoms with van der Waals surface area (Å²) in [5.74, 6) is 1.23. The quantitative estimate of drug-likeness (QED) is 0.220. The van der Waals surface area contributed by atoms with Gasteiger partial charge < -0.3 is 15.0 Å². The van der Waals surface area contributed by atoms with E-state index in [9.17, 15) is 4.79 Å². The Balaban J connectivity index is 1.45. The number of carbonyl (C=O) groups excluding carboxylic acids is 1. The molecule has 0 fully saturated rings. The first-order chi connectivity index (χ1) is 17.6. The molecule has 6 heteroatoms. The molecule has 0 saturated heterocycles. The van der Waals surface area contributed by atoms with E-state index in [2.05, 4.69) is 36.3 Å². The fraction of sp³-hybridized carbons (Fsp3) is 0.500. The van der Waals surface area contributed by atoms with Gasteiger partial charge in [0, 0.05) is 18.4 Å². The maximum Gasteiger partial charge on any atom is 0.259 e. The van der Waals surface area contributed by atoms with Gasteiger partial charge in [0.1, 0.15) is 0 Å². The molecular weight excluding hydrogens is 488 g/mol. The summed E-state index contributed by atoms with van der Waals surface area (Å²) in [7, 11) is 0. The maximum absolute atomic E-state index is 13.1. The molecule has 0 bridgehead atoms. The summed E-state index contributed by atoms with van der Waals surface area (Å²) in [6, 6.07) is 13.3. The number of allylic oxidation sites excluding steroid dienone is 1. The lowest BCUT2D eigenvalue weighted by Gasteiger charge is -2.16. The summed E-state index contributed by atoms with van der Waals surface area (Å²) >= 11 is 8.27. The topological polar surface area (TPSA) is 41.6 Å². The third kappa shape index (κ3) is 9.74. The third-order valence-electron chi connectivity index (χ3n) is 6.35. The Morgan fingerprint density at radius 1 is 1.00 bits per heavy atom. The number of halogens is 1. The van der Waals surface area contributed by atoms with Gasteiger partial charge in [0.25, 0.3) is 5.91 Å². The molecule has 0 aromatic heterocycles. The number of nitrogens with one attached hydrogen (secondary N) is 1. The van der Waals surface area contributed by atoms with Crippen molar-refractivity contribution in [3.63, 3.8) is 0 Å². The molecule has 2 aromatic carbocycles. The van der Waals surface area contributed by atoms with Crippen molar-refractivity contribution in [1.82, 2.24) is 4.90 Å². The van der Waals surface area contributed by atoms with E-state index in [0.29, 0.717) is 22.9 Å². The highest BCUT2D eigenvalue weighted by molar-refractivity contribution is 8.03. The van der Waals surface area contributed by atoms with Crippen LogP contribution in [0.15, 0.2) is 53.6 Å². The molecule has 0 atom stereocenters. The van der Waals surface area contributed by atoms with Crippen LogP contribution in [-0.2, 0) is 6.54 Å². The van der Waals surface area contributed by atoms with Crippen LogP contribution < -0.4 is 10.1 Å². The van der Waals surface area contributed by atoms with Gasteiger partial charge in [-0.1, -0.05) is 94.5 Å². The van der Waals surface area contributed by atoms with Crippen molar-refractivity contribution in [2.24, 2.45) is 0 Å². The zero-order valence-electron chi connectivity index (χ0n) is 21.9. The molecule has 196 valence electrons. The number of anilines is 1. The van der Waals surface area contributed by atoms with Gasteiger partial charge in [-0.3, -0.25) is 4.79 Å². The summed E-state index contributed by atoms with van der Waals surface area (Å²) < 4.78 is 6.01. The lowest BCUT2D eigenvalue weighted by molar-refractivity contribution is 0.102. The minimum Gasteiger partial charge on any atom is -0.491 e. The molecule has 1 N–H and O–H groups in total. The number of unbranched alkanes of at least 4 members (excludes halogenated alkanes) is 9. The maximum atomic E-state index is 13.1. The second-order valence-corrected chi connectivity index (χ2v) is 11.2. The molecule has 1 aliphatic rings. The minimum absolute atomic E-state index is 0.208. The Kier molecular flexibility index (Phi) is 12.6. The van der Waals surface area contributed by atoms with Crippen LogP contribution in [0.5, 0.6) is 5.75 Å². The lowest BCUT2D eigenvalue weighted by Crippen LogP contribution is -2.15. The van der Waals surface area contributed by atoms with Gasteiger partial charge in [-0.05, 0) is 48.1 Å². The molecule has 0 unspecified atom stereocenters. The normalized spacial score (nSPS) is 13.1. The van der Waals surface area contributed by atoms with E-state index in [4.69, 9.17) is 16.3 Å². The van der Waals surface area contributed by atoms with Crippen LogP contribution >= 0.6 is 23.4 Å². The molecule has 1 amide bonds. The van der Waals surface area contributed by atoms with Crippen LogP contribution in [0, 0.1) is 0 Å². The smallest absolute Gasteiger partial charge is 0.259 e. The minimum atomic E-state index is -0.208. The first kappa shape index (κ1) is 28.5. The van der Waals surface area contributed by atoms with Crippen molar-refractivity contribution < 1.29 is 9.53 Å². The van der Waals surface area contributed by atoms with Gasteiger partial charge in [0.05, 0.1) is 23.1 Å². The number of rotatable bonds is 16. The zero-order valence-corrected chi connectivity index (χ0v) is 23.4. The molecule has 3 rings (SSSR count). The lowest BCUT2D eigenvalue weighted by atomic mass is 10.1. The van der Waals surface area contributed by atoms with Crippen molar-refractivity contribution >= 4 is 35.0 Å². The van der Waals surface area contributed by atoms with E-state index in [1.54, 1.807) is 18.2 Å². The fourth-order valence-electron chi connectivity index (χ4n) is 4.39. The number of nitrogens with zero attached hydrogens (tertiary/aromatic N) is 1. The standard InChI is InChI=1S/C30H41ClN2O2S/c1-3-4-5-6-7-8-9-10-11-12-19-35-29-27(17-14-18-28(29)31)30(34)32-26-16-13-15-25(20-26)22-33-21-24(2)36-23-33/h13-18,20-21H,3-12,19,22-23H2,1-2H3,(H,32,34). The van der Waals surface area contributed by atoms with E-state index >= 15 is 0 Å². The fourth-order valence-corrected chi connectivity index (χ4v) is 5.37. The monoisotopic (exact) mass is 528 g/mol. The first-order valence-corrected chi connectivity index (χ1v) is 14.8. The van der Waals surface area contributed by atoms with Crippen molar-refractivity contribution in [2.45, 2.75) is 84.6 Å². The Hall–Kier alpha value is -2.11. The number of para-hydroxylation sites is 1. The van der Waals surface area contributed by atoms with Crippen molar-refractivity contribution in [2.75, 3.05) is 17.8 Å². The van der Waals surface area contributed by atoms with Gasteiger partial charge in [0.2, 0.25) is 0 Å². The van der Waals surface area contributed by atoms with Gasteiger partial charge >= 0.3 is 0 Å². The SMILES string of the molecule is CCCCCCCCCCCCOc1c(Cl)cccc1C(=O)Nc1cccc(CN2C=C(C)SC2)c1. The van der Waals surface area contributed by atoms with Crippen molar-refractivity contribution in [3.8, 4) is 5.75 Å². The van der Waals surface area contributed by atoms with E-state index in [0.717, 1.165) is 36.5 Å². The number of carbonyl (C=O) groups is 1. The first-order valence-electron chi connectivity index (χ1n) is 13.4. The highest BCUT2D eigenvalue weighted by Crippen LogP contribution is 2.30. The third-order valence-corrected chi connectivity index (χ3v) is 7.67. The van der Waals surface area contributed by atoms with Gasteiger partial charge in [-0.15, -0.1) is 11.8 Å². The Morgan fingerprint density at radius 2 is 1.69 bits per heavy atom. The van der Waals surface area contributed by atoms with E-state index < -0.39 is 0 Å². The van der Waals surface area contributed by atoms with Crippen molar-refractivity contribution in [1.29, 1.82) is 0 Å². The van der Waals surface area contributed by atoms with Crippen LogP contribution in [0.1, 0.15) is 94.0 Å². The number of benzene rings is 2. The van der Waals surface area contributed by atoms with Crippen LogP contribution in [0.25, 0.3) is 0 Å². The number of thioether (sulfide) groups is 1. The molecule has 2 aromatic rings. The van der Waals surface area contributed by atoms with Crippen molar-refractivity contribution in [3.05, 3.63) is 69.7 Å². The van der Waals surface area contributed by atoms with Crippen LogP contribution in [-0.4, -0.2) is 23.3 Å². The second kappa shape index (κ2) is 15.9. The van der Waals surface area contributed by atoms with E-state index in [1.807, 2.05) is 30.0 Å². The predicted molar refractivity (Wildman–Crippen MR) is 155 cm³/mol. The molecule has 1 aliphatic heterocycles. The molecule has 0 radical (unpaired) electrons. The molecule has 36 heavy (non-hydrogen) atoms. The summed E-state index contributed by atoms with van der Waals surface area (Å²) in [5.41, 5.74) is 2.39. The summed E-state index contributed by atoms with van der Waals surface area (Å²) in [6.07, 6.45) is 14.9.